The van der Waals surface area contributed by atoms with E-state index >= 15 is 0 Å². The van der Waals surface area contributed by atoms with Gasteiger partial charge in [-0.1, -0.05) is 12.8 Å². The van der Waals surface area contributed by atoms with E-state index in [0.717, 1.165) is 18.9 Å². The van der Waals surface area contributed by atoms with Crippen molar-refractivity contribution in [1.82, 2.24) is 0 Å². The highest BCUT2D eigenvalue weighted by Gasteiger charge is 2.33. The van der Waals surface area contributed by atoms with Gasteiger partial charge >= 0.3 is 0 Å². The van der Waals surface area contributed by atoms with E-state index in [1.54, 1.807) is 0 Å². The number of nitrogens with two attached hydrogens (primary N) is 1. The Hall–Kier alpha value is -2.09. The number of nitrogens with one attached hydrogen (secondary N) is 1. The molecule has 1 aromatic carbocycles. The number of rotatable bonds is 4. The van der Waals surface area contributed by atoms with Crippen molar-refractivity contribution in [2.45, 2.75) is 37.6 Å². The monoisotopic (exact) mass is 299 g/mol. The van der Waals surface area contributed by atoms with Crippen LogP contribution in [0.2, 0.25) is 0 Å². The van der Waals surface area contributed by atoms with Crippen LogP contribution in [-0.4, -0.2) is 16.4 Å². The molecule has 0 atom stereocenters. The van der Waals surface area contributed by atoms with E-state index in [2.05, 4.69) is 5.32 Å². The van der Waals surface area contributed by atoms with Gasteiger partial charge in [0, 0.05) is 18.0 Å². The number of carbonyl (C=O) groups is 1. The van der Waals surface area contributed by atoms with Gasteiger partial charge in [0.1, 0.15) is 0 Å². The summed E-state index contributed by atoms with van der Waals surface area (Å²) in [7, 11) is 0. The van der Waals surface area contributed by atoms with Crippen molar-refractivity contribution in [3.63, 3.8) is 0 Å². The predicted octanol–water partition coefficient (Wildman–Crippen LogP) is 2.47. The molecule has 2 rings (SSSR count). The molecular formula is C13H15F2N3O3. The molecule has 1 fully saturated rings. The highest BCUT2D eigenvalue weighted by molar-refractivity contribution is 5.94. The summed E-state index contributed by atoms with van der Waals surface area (Å²) in [5.74, 6) is -3.37. The minimum Gasteiger partial charge on any atom is -0.325 e. The van der Waals surface area contributed by atoms with E-state index in [0.29, 0.717) is 18.9 Å². The second-order valence-electron chi connectivity index (χ2n) is 5.31. The Balaban J connectivity index is 2.20. The van der Waals surface area contributed by atoms with Gasteiger partial charge in [-0.3, -0.25) is 14.9 Å². The van der Waals surface area contributed by atoms with Gasteiger partial charge in [-0.05, 0) is 18.9 Å². The van der Waals surface area contributed by atoms with Crippen molar-refractivity contribution in [3.05, 3.63) is 33.9 Å². The molecule has 1 aliphatic carbocycles. The number of benzene rings is 1. The summed E-state index contributed by atoms with van der Waals surface area (Å²) in [6.45, 7) is 0. The Morgan fingerprint density at radius 1 is 1.38 bits per heavy atom. The zero-order chi connectivity index (χ0) is 15.6. The SMILES string of the molecule is NC1(CC(=O)Nc2c([N+](=O)[O-])ccc(F)c2F)CCCC1. The molecule has 0 spiro atoms. The molecule has 1 saturated carbocycles. The molecule has 1 aliphatic rings. The zero-order valence-corrected chi connectivity index (χ0v) is 11.2. The van der Waals surface area contributed by atoms with Gasteiger partial charge in [-0.2, -0.15) is 0 Å². The smallest absolute Gasteiger partial charge is 0.296 e. The third-order valence-electron chi connectivity index (χ3n) is 3.65. The quantitative estimate of drug-likeness (QED) is 0.659. The van der Waals surface area contributed by atoms with Crippen LogP contribution in [0.3, 0.4) is 0 Å². The predicted molar refractivity (Wildman–Crippen MR) is 71.6 cm³/mol. The van der Waals surface area contributed by atoms with E-state index in [1.807, 2.05) is 0 Å². The van der Waals surface area contributed by atoms with Crippen LogP contribution in [0, 0.1) is 21.7 Å². The maximum Gasteiger partial charge on any atom is 0.296 e. The third kappa shape index (κ3) is 3.33. The Kier molecular flexibility index (Phi) is 4.17. The fourth-order valence-electron chi connectivity index (χ4n) is 2.57. The van der Waals surface area contributed by atoms with Gasteiger partial charge in [0.2, 0.25) is 5.91 Å². The number of hydrogen-bond acceptors (Lipinski definition) is 4. The number of nitro groups is 1. The third-order valence-corrected chi connectivity index (χ3v) is 3.65. The van der Waals surface area contributed by atoms with Crippen LogP contribution in [0.5, 0.6) is 0 Å². The molecule has 0 bridgehead atoms. The van der Waals surface area contributed by atoms with Gasteiger partial charge in [0.05, 0.1) is 4.92 Å². The van der Waals surface area contributed by atoms with E-state index in [9.17, 15) is 23.7 Å². The highest BCUT2D eigenvalue weighted by Crippen LogP contribution is 2.32. The minimum atomic E-state index is -1.45. The maximum absolute atomic E-state index is 13.7. The summed E-state index contributed by atoms with van der Waals surface area (Å²) in [5, 5.41) is 12.9. The van der Waals surface area contributed by atoms with Crippen LogP contribution in [-0.2, 0) is 4.79 Å². The summed E-state index contributed by atoms with van der Waals surface area (Å²) >= 11 is 0. The Morgan fingerprint density at radius 2 is 2.00 bits per heavy atom. The second-order valence-corrected chi connectivity index (χ2v) is 5.31. The maximum atomic E-state index is 13.7. The lowest BCUT2D eigenvalue weighted by Crippen LogP contribution is -2.40. The first-order chi connectivity index (χ1) is 9.82. The average molecular weight is 299 g/mol. The van der Waals surface area contributed by atoms with E-state index in [-0.39, 0.29) is 6.42 Å². The van der Waals surface area contributed by atoms with Crippen LogP contribution in [0.4, 0.5) is 20.2 Å². The molecule has 114 valence electrons. The Morgan fingerprint density at radius 3 is 2.57 bits per heavy atom. The van der Waals surface area contributed by atoms with E-state index in [4.69, 9.17) is 5.73 Å². The van der Waals surface area contributed by atoms with Gasteiger partial charge in [0.25, 0.3) is 5.69 Å². The molecule has 0 aromatic heterocycles. The van der Waals surface area contributed by atoms with Crippen LogP contribution >= 0.6 is 0 Å². The number of hydrogen-bond donors (Lipinski definition) is 2. The summed E-state index contributed by atoms with van der Waals surface area (Å²) in [6.07, 6.45) is 3.04. The Labute approximate surface area is 119 Å². The summed E-state index contributed by atoms with van der Waals surface area (Å²) in [4.78, 5) is 21.8. The molecule has 6 nitrogen and oxygen atoms in total. The fraction of sp³-hybridized carbons (Fsp3) is 0.462. The first-order valence-corrected chi connectivity index (χ1v) is 6.53. The molecule has 0 unspecified atom stereocenters. The molecule has 0 heterocycles. The van der Waals surface area contributed by atoms with E-state index in [1.165, 1.54) is 0 Å². The average Bonchev–Trinajstić information content (AvgIpc) is 2.81. The number of halogens is 2. The van der Waals surface area contributed by atoms with Crippen molar-refractivity contribution in [3.8, 4) is 0 Å². The molecule has 21 heavy (non-hydrogen) atoms. The normalized spacial score (nSPS) is 16.7. The topological polar surface area (TPSA) is 98.3 Å². The molecular weight excluding hydrogens is 284 g/mol. The van der Waals surface area contributed by atoms with Crippen molar-refractivity contribution in [2.24, 2.45) is 5.73 Å². The number of anilines is 1. The molecule has 1 aromatic rings. The van der Waals surface area contributed by atoms with Crippen molar-refractivity contribution >= 4 is 17.3 Å². The van der Waals surface area contributed by atoms with Gasteiger partial charge in [0.15, 0.2) is 17.3 Å². The van der Waals surface area contributed by atoms with Gasteiger partial charge in [-0.25, -0.2) is 8.78 Å². The lowest BCUT2D eigenvalue weighted by Gasteiger charge is -2.22. The summed E-state index contributed by atoms with van der Waals surface area (Å²) in [6, 6.07) is 1.45. The number of nitrogens with zero attached hydrogens (tertiary/aromatic N) is 1. The molecule has 8 heteroatoms. The van der Waals surface area contributed by atoms with E-state index < -0.39 is 39.4 Å². The molecule has 3 N–H and O–H groups in total. The number of carbonyl (C=O) groups excluding carboxylic acids is 1. The summed E-state index contributed by atoms with van der Waals surface area (Å²) < 4.78 is 26.8. The molecule has 0 saturated heterocycles. The lowest BCUT2D eigenvalue weighted by atomic mass is 9.94. The van der Waals surface area contributed by atoms with Crippen molar-refractivity contribution in [1.29, 1.82) is 0 Å². The standard InChI is InChI=1S/C13H15F2N3O3/c14-8-3-4-9(18(20)21)12(11(8)15)17-10(19)7-13(16)5-1-2-6-13/h3-4H,1-2,5-7,16H2,(H,17,19). The first-order valence-electron chi connectivity index (χ1n) is 6.53. The lowest BCUT2D eigenvalue weighted by molar-refractivity contribution is -0.384. The van der Waals surface area contributed by atoms with Crippen LogP contribution < -0.4 is 11.1 Å². The van der Waals surface area contributed by atoms with Gasteiger partial charge < -0.3 is 11.1 Å². The van der Waals surface area contributed by atoms with Crippen LogP contribution in [0.1, 0.15) is 32.1 Å². The highest BCUT2D eigenvalue weighted by atomic mass is 19.2. The van der Waals surface area contributed by atoms with Crippen molar-refractivity contribution < 1.29 is 18.5 Å². The summed E-state index contributed by atoms with van der Waals surface area (Å²) in [5.41, 5.74) is 3.89. The van der Waals surface area contributed by atoms with Crippen LogP contribution in [0.25, 0.3) is 0 Å². The Bertz CT molecular complexity index is 586. The number of nitro benzene ring substituents is 1. The molecule has 0 radical (unpaired) electrons. The fourth-order valence-corrected chi connectivity index (χ4v) is 2.57. The van der Waals surface area contributed by atoms with Gasteiger partial charge in [-0.15, -0.1) is 0 Å². The molecule has 0 aliphatic heterocycles. The van der Waals surface area contributed by atoms with Crippen LogP contribution in [0.15, 0.2) is 12.1 Å². The van der Waals surface area contributed by atoms with Crippen molar-refractivity contribution in [2.75, 3.05) is 5.32 Å². The largest absolute Gasteiger partial charge is 0.325 e. The first kappa shape index (κ1) is 15.3. The number of amides is 1. The minimum absolute atomic E-state index is 0.0832. The zero-order valence-electron chi connectivity index (χ0n) is 11.2. The second kappa shape index (κ2) is 5.72. The molecule has 1 amide bonds.